The molecule has 2 rings (SSSR count). The molecule has 0 saturated heterocycles. The highest BCUT2D eigenvalue weighted by molar-refractivity contribution is 6.33. The number of aryl methyl sites for hydroxylation is 1. The Hall–Kier alpha value is -2.83. The summed E-state index contributed by atoms with van der Waals surface area (Å²) in [4.78, 5) is 8.06. The summed E-state index contributed by atoms with van der Waals surface area (Å²) in [5.74, 6) is 0.362. The predicted molar refractivity (Wildman–Crippen MR) is 74.9 cm³/mol. The van der Waals surface area contributed by atoms with Crippen LogP contribution in [0.1, 0.15) is 17.1 Å². The quantitative estimate of drug-likeness (QED) is 0.841. The number of nitrogens with zero attached hydrogens (tertiary/aromatic N) is 4. The maximum Gasteiger partial charge on any atom is 0.179 e. The Morgan fingerprint density at radius 2 is 1.70 bits per heavy atom. The van der Waals surface area contributed by atoms with Crippen molar-refractivity contribution < 1.29 is 0 Å². The molecule has 2 N–H and O–H groups in total. The number of hydrogen-bond acceptors (Lipinski definition) is 6. The third-order valence-corrected chi connectivity index (χ3v) is 2.80. The summed E-state index contributed by atoms with van der Waals surface area (Å²) in [5, 5.41) is 18.3. The Balaban J connectivity index is 2.25. The number of hydrazine groups is 1. The molecule has 1 aromatic heterocycles. The van der Waals surface area contributed by atoms with E-state index < -0.39 is 0 Å². The van der Waals surface area contributed by atoms with Gasteiger partial charge >= 0.3 is 0 Å². The minimum atomic E-state index is -0.0263. The SMILES string of the molecule is Cc1nc(C#N)c(C#N)nc1NNc1ccccc1Cl. The molecule has 0 saturated carbocycles. The molecule has 6 nitrogen and oxygen atoms in total. The number of nitriles is 2. The average Bonchev–Trinajstić information content (AvgIpc) is 2.47. The van der Waals surface area contributed by atoms with Gasteiger partial charge in [-0.2, -0.15) is 10.5 Å². The van der Waals surface area contributed by atoms with E-state index in [2.05, 4.69) is 20.8 Å². The minimum absolute atomic E-state index is 0.00768. The Morgan fingerprint density at radius 1 is 1.05 bits per heavy atom. The van der Waals surface area contributed by atoms with Crippen molar-refractivity contribution in [2.24, 2.45) is 0 Å². The first-order chi connectivity index (χ1) is 9.65. The molecule has 98 valence electrons. The molecule has 0 spiro atoms. The zero-order valence-corrected chi connectivity index (χ0v) is 11.2. The Kier molecular flexibility index (Phi) is 3.99. The second-order valence-corrected chi connectivity index (χ2v) is 4.22. The molecule has 0 unspecified atom stereocenters. The number of rotatable bonds is 3. The molecule has 0 aliphatic carbocycles. The van der Waals surface area contributed by atoms with E-state index in [-0.39, 0.29) is 11.4 Å². The molecule has 1 heterocycles. The van der Waals surface area contributed by atoms with Crippen LogP contribution in [-0.2, 0) is 0 Å². The van der Waals surface area contributed by atoms with Gasteiger partial charge < -0.3 is 0 Å². The molecular formula is C13H9ClN6. The normalized spacial score (nSPS) is 9.40. The molecular weight excluding hydrogens is 276 g/mol. The zero-order valence-electron chi connectivity index (χ0n) is 10.5. The highest BCUT2D eigenvalue weighted by atomic mass is 35.5. The number of nitrogens with one attached hydrogen (secondary N) is 2. The van der Waals surface area contributed by atoms with Crippen LogP contribution in [0.3, 0.4) is 0 Å². The molecule has 0 aliphatic rings. The maximum absolute atomic E-state index is 8.92. The van der Waals surface area contributed by atoms with Gasteiger partial charge in [0.15, 0.2) is 17.2 Å². The molecule has 7 heteroatoms. The highest BCUT2D eigenvalue weighted by Crippen LogP contribution is 2.21. The smallest absolute Gasteiger partial charge is 0.179 e. The van der Waals surface area contributed by atoms with Crippen molar-refractivity contribution in [1.29, 1.82) is 10.5 Å². The molecule has 0 bridgehead atoms. The van der Waals surface area contributed by atoms with Gasteiger partial charge in [-0.1, -0.05) is 23.7 Å². The van der Waals surface area contributed by atoms with Crippen LogP contribution >= 0.6 is 11.6 Å². The van der Waals surface area contributed by atoms with Gasteiger partial charge in [-0.3, -0.25) is 10.9 Å². The van der Waals surface area contributed by atoms with Crippen molar-refractivity contribution in [3.63, 3.8) is 0 Å². The summed E-state index contributed by atoms with van der Waals surface area (Å²) in [5.41, 5.74) is 6.86. The molecule has 2 aromatic rings. The van der Waals surface area contributed by atoms with Gasteiger partial charge in [0.25, 0.3) is 0 Å². The topological polar surface area (TPSA) is 97.4 Å². The number of anilines is 2. The highest BCUT2D eigenvalue weighted by Gasteiger charge is 2.10. The lowest BCUT2D eigenvalue weighted by molar-refractivity contribution is 1.06. The maximum atomic E-state index is 8.92. The first kappa shape index (κ1) is 13.6. The van der Waals surface area contributed by atoms with Crippen molar-refractivity contribution in [1.82, 2.24) is 9.97 Å². The molecule has 0 fully saturated rings. The third kappa shape index (κ3) is 2.77. The van der Waals surface area contributed by atoms with Gasteiger partial charge in [-0.15, -0.1) is 0 Å². The second-order valence-electron chi connectivity index (χ2n) is 3.81. The largest absolute Gasteiger partial charge is 0.298 e. The Labute approximate surface area is 120 Å². The van der Waals surface area contributed by atoms with Gasteiger partial charge in [-0.25, -0.2) is 9.97 Å². The summed E-state index contributed by atoms with van der Waals surface area (Å²) in [6.07, 6.45) is 0. The molecule has 1 aromatic carbocycles. The average molecular weight is 285 g/mol. The van der Waals surface area contributed by atoms with E-state index >= 15 is 0 Å². The van der Waals surface area contributed by atoms with E-state index in [9.17, 15) is 0 Å². The number of para-hydroxylation sites is 1. The third-order valence-electron chi connectivity index (χ3n) is 2.47. The molecule has 0 radical (unpaired) electrons. The molecule has 20 heavy (non-hydrogen) atoms. The molecule has 0 atom stereocenters. The lowest BCUT2D eigenvalue weighted by Crippen LogP contribution is -2.13. The fraction of sp³-hybridized carbons (Fsp3) is 0.0769. The Bertz CT molecular complexity index is 729. The summed E-state index contributed by atoms with van der Waals surface area (Å²) in [6.45, 7) is 1.69. The van der Waals surface area contributed by atoms with Crippen molar-refractivity contribution >= 4 is 23.1 Å². The van der Waals surface area contributed by atoms with Crippen LogP contribution < -0.4 is 10.9 Å². The van der Waals surface area contributed by atoms with E-state index in [1.54, 1.807) is 19.1 Å². The fourth-order valence-corrected chi connectivity index (χ4v) is 1.67. The standard InChI is InChI=1S/C13H9ClN6/c1-8-13(18-12(7-16)11(6-15)17-8)20-19-10-5-3-2-4-9(10)14/h2-5,19H,1H3,(H,18,20). The first-order valence-electron chi connectivity index (χ1n) is 5.61. The van der Waals surface area contributed by atoms with Gasteiger partial charge in [0, 0.05) is 0 Å². The number of aromatic nitrogens is 2. The molecule has 0 amide bonds. The van der Waals surface area contributed by atoms with Crippen molar-refractivity contribution in [3.8, 4) is 12.1 Å². The number of hydrogen-bond donors (Lipinski definition) is 2. The van der Waals surface area contributed by atoms with E-state index in [1.807, 2.05) is 24.3 Å². The van der Waals surface area contributed by atoms with E-state index in [0.29, 0.717) is 22.2 Å². The van der Waals surface area contributed by atoms with Crippen LogP contribution in [0.2, 0.25) is 5.02 Å². The minimum Gasteiger partial charge on any atom is -0.298 e. The van der Waals surface area contributed by atoms with Crippen LogP contribution in [-0.4, -0.2) is 9.97 Å². The summed E-state index contributed by atoms with van der Waals surface area (Å²) in [6, 6.07) is 10.8. The number of benzene rings is 1. The van der Waals surface area contributed by atoms with Gasteiger partial charge in [0.05, 0.1) is 16.4 Å². The summed E-state index contributed by atoms with van der Waals surface area (Å²) in [7, 11) is 0. The monoisotopic (exact) mass is 284 g/mol. The summed E-state index contributed by atoms with van der Waals surface area (Å²) < 4.78 is 0. The van der Waals surface area contributed by atoms with Gasteiger partial charge in [-0.05, 0) is 19.1 Å². The summed E-state index contributed by atoms with van der Waals surface area (Å²) >= 11 is 6.00. The second kappa shape index (κ2) is 5.87. The fourth-order valence-electron chi connectivity index (χ4n) is 1.48. The van der Waals surface area contributed by atoms with Gasteiger partial charge in [0.1, 0.15) is 12.1 Å². The van der Waals surface area contributed by atoms with Crippen LogP contribution in [0, 0.1) is 29.6 Å². The van der Waals surface area contributed by atoms with Crippen molar-refractivity contribution in [2.75, 3.05) is 10.9 Å². The zero-order chi connectivity index (χ0) is 14.5. The first-order valence-corrected chi connectivity index (χ1v) is 5.99. The van der Waals surface area contributed by atoms with Gasteiger partial charge in [0.2, 0.25) is 0 Å². The number of halogens is 1. The van der Waals surface area contributed by atoms with Crippen LogP contribution in [0.4, 0.5) is 11.5 Å². The van der Waals surface area contributed by atoms with Crippen molar-refractivity contribution in [2.45, 2.75) is 6.92 Å². The lowest BCUT2D eigenvalue weighted by atomic mass is 10.3. The van der Waals surface area contributed by atoms with E-state index in [1.165, 1.54) is 0 Å². The van der Waals surface area contributed by atoms with Crippen LogP contribution in [0.5, 0.6) is 0 Å². The lowest BCUT2D eigenvalue weighted by Gasteiger charge is -2.12. The van der Waals surface area contributed by atoms with Crippen LogP contribution in [0.25, 0.3) is 0 Å². The predicted octanol–water partition coefficient (Wildman–Crippen LogP) is 2.62. The molecule has 0 aliphatic heterocycles. The van der Waals surface area contributed by atoms with E-state index in [4.69, 9.17) is 22.1 Å². The van der Waals surface area contributed by atoms with Crippen LogP contribution in [0.15, 0.2) is 24.3 Å². The van der Waals surface area contributed by atoms with E-state index in [0.717, 1.165) is 0 Å². The van der Waals surface area contributed by atoms with Crippen molar-refractivity contribution in [3.05, 3.63) is 46.4 Å². The Morgan fingerprint density at radius 3 is 2.35 bits per heavy atom.